The van der Waals surface area contributed by atoms with E-state index in [2.05, 4.69) is 24.8 Å². The van der Waals surface area contributed by atoms with Gasteiger partial charge in [-0.1, -0.05) is 58.9 Å². The third kappa shape index (κ3) is 3.99. The van der Waals surface area contributed by atoms with Gasteiger partial charge in [-0.15, -0.1) is 31.7 Å². The lowest BCUT2D eigenvalue weighted by atomic mass is 9.97. The molecule has 6 nitrogen and oxygen atoms in total. The van der Waals surface area contributed by atoms with Crippen molar-refractivity contribution < 1.29 is 0 Å². The van der Waals surface area contributed by atoms with Crippen LogP contribution in [0, 0.1) is 0 Å². The summed E-state index contributed by atoms with van der Waals surface area (Å²) in [5.74, 6) is 2.20. The smallest absolute Gasteiger partial charge is 0.245 e. The van der Waals surface area contributed by atoms with E-state index in [1.165, 1.54) is 28.7 Å². The highest BCUT2D eigenvalue weighted by molar-refractivity contribution is 7.99. The van der Waals surface area contributed by atoms with E-state index in [0.717, 1.165) is 61.0 Å². The molecule has 0 fully saturated rings. The summed E-state index contributed by atoms with van der Waals surface area (Å²) in [6.07, 6.45) is 8.61. The summed E-state index contributed by atoms with van der Waals surface area (Å²) in [6.45, 7) is 3.76. The van der Waals surface area contributed by atoms with Gasteiger partial charge in [-0.2, -0.15) is 0 Å². The Labute approximate surface area is 202 Å². The molecule has 0 N–H and O–H groups in total. The van der Waals surface area contributed by atoms with Gasteiger partial charge >= 0.3 is 0 Å². The van der Waals surface area contributed by atoms with Crippen molar-refractivity contribution in [2.24, 2.45) is 0 Å². The Bertz CT molecular complexity index is 1340. The van der Waals surface area contributed by atoms with Crippen molar-refractivity contribution in [3.8, 4) is 0 Å². The number of thioether (sulfide) groups is 2. The molecule has 0 saturated heterocycles. The summed E-state index contributed by atoms with van der Waals surface area (Å²) in [7, 11) is 0. The van der Waals surface area contributed by atoms with Crippen LogP contribution in [0.1, 0.15) is 37.1 Å². The first-order chi connectivity index (χ1) is 15.0. The zero-order valence-corrected chi connectivity index (χ0v) is 21.0. The fraction of sp³-hybridized carbons (Fsp3) is 0.400. The van der Waals surface area contributed by atoms with Crippen molar-refractivity contribution in [3.63, 3.8) is 0 Å². The number of aromatic nitrogens is 6. The standard InChI is InChI=1S/C20H20Cl2N6S3/c1-11(21)7-9-29-19-25-23-16-15-13-5-3-4-6-14(13)31-17(15)28-18(27(16)19)24-26-20(28)30-10-8-12(2)22/h7-8H,3-6,9-10H2,1-2H3. The van der Waals surface area contributed by atoms with Gasteiger partial charge < -0.3 is 0 Å². The molecule has 11 heteroatoms. The molecule has 4 aromatic heterocycles. The number of hydrogen-bond donors (Lipinski definition) is 0. The Morgan fingerprint density at radius 2 is 1.58 bits per heavy atom. The lowest BCUT2D eigenvalue weighted by Gasteiger charge is -2.10. The van der Waals surface area contributed by atoms with E-state index in [9.17, 15) is 0 Å². The molecule has 1 aliphatic carbocycles. The first-order valence-electron chi connectivity index (χ1n) is 10.0. The predicted octanol–water partition coefficient (Wildman–Crippen LogP) is 6.33. The third-order valence-electron chi connectivity index (χ3n) is 5.18. The predicted molar refractivity (Wildman–Crippen MR) is 132 cm³/mol. The fourth-order valence-electron chi connectivity index (χ4n) is 3.79. The first kappa shape index (κ1) is 21.6. The highest BCUT2D eigenvalue weighted by Crippen LogP contribution is 2.40. The third-order valence-corrected chi connectivity index (χ3v) is 8.48. The van der Waals surface area contributed by atoms with Crippen molar-refractivity contribution in [3.05, 3.63) is 32.7 Å². The molecule has 0 atom stereocenters. The Kier molecular flexibility index (Phi) is 6.22. The monoisotopic (exact) mass is 510 g/mol. The summed E-state index contributed by atoms with van der Waals surface area (Å²) in [5, 5.41) is 22.6. The van der Waals surface area contributed by atoms with E-state index in [0.29, 0.717) is 0 Å². The average Bonchev–Trinajstić information content (AvgIpc) is 3.42. The molecule has 4 heterocycles. The number of allylic oxidation sites excluding steroid dienone is 2. The summed E-state index contributed by atoms with van der Waals surface area (Å²) < 4.78 is 4.22. The second kappa shape index (κ2) is 8.94. The van der Waals surface area contributed by atoms with Gasteiger partial charge in [0.25, 0.3) is 0 Å². The molecular weight excluding hydrogens is 491 g/mol. The van der Waals surface area contributed by atoms with Gasteiger partial charge in [0.05, 0.1) is 5.39 Å². The maximum Gasteiger partial charge on any atom is 0.245 e. The van der Waals surface area contributed by atoms with Crippen LogP contribution >= 0.6 is 58.1 Å². The summed E-state index contributed by atoms with van der Waals surface area (Å²) >= 11 is 17.1. The first-order valence-corrected chi connectivity index (χ1v) is 13.6. The van der Waals surface area contributed by atoms with Crippen LogP contribution in [-0.4, -0.2) is 40.7 Å². The molecule has 0 bridgehead atoms. The van der Waals surface area contributed by atoms with Gasteiger partial charge in [0, 0.05) is 26.4 Å². The lowest BCUT2D eigenvalue weighted by Crippen LogP contribution is -2.01. The van der Waals surface area contributed by atoms with Gasteiger partial charge in [0.2, 0.25) is 5.78 Å². The highest BCUT2D eigenvalue weighted by atomic mass is 35.5. The van der Waals surface area contributed by atoms with E-state index in [1.54, 1.807) is 23.5 Å². The molecule has 5 rings (SSSR count). The molecule has 4 aromatic rings. The number of nitrogens with zero attached hydrogens (tertiary/aromatic N) is 6. The summed E-state index contributed by atoms with van der Waals surface area (Å²) in [6, 6.07) is 0. The Hall–Kier alpha value is -1.26. The molecule has 162 valence electrons. The fourth-order valence-corrected chi connectivity index (χ4v) is 7.32. The van der Waals surface area contributed by atoms with Crippen LogP contribution in [0.25, 0.3) is 21.6 Å². The topological polar surface area (TPSA) is 60.4 Å². The molecular formula is C20H20Cl2N6S3. The maximum atomic E-state index is 6.02. The molecule has 1 aliphatic rings. The molecule has 0 unspecified atom stereocenters. The maximum absolute atomic E-state index is 6.02. The number of thiophene rings is 1. The highest BCUT2D eigenvalue weighted by Gasteiger charge is 2.26. The van der Waals surface area contributed by atoms with Gasteiger partial charge in [-0.3, -0.25) is 0 Å². The lowest BCUT2D eigenvalue weighted by molar-refractivity contribution is 0.700. The van der Waals surface area contributed by atoms with Crippen LogP contribution in [0.15, 0.2) is 32.5 Å². The minimum Gasteiger partial charge on any atom is -0.245 e. The van der Waals surface area contributed by atoms with Crippen LogP contribution in [0.3, 0.4) is 0 Å². The van der Waals surface area contributed by atoms with Gasteiger partial charge in [0.15, 0.2) is 16.0 Å². The van der Waals surface area contributed by atoms with Gasteiger partial charge in [-0.25, -0.2) is 8.80 Å². The Balaban J connectivity index is 1.75. The number of halogens is 2. The van der Waals surface area contributed by atoms with E-state index >= 15 is 0 Å². The number of hydrogen-bond acceptors (Lipinski definition) is 7. The second-order valence-corrected chi connectivity index (χ2v) is 11.6. The molecule has 31 heavy (non-hydrogen) atoms. The number of fused-ring (bicyclic) bond motifs is 8. The molecule has 0 radical (unpaired) electrons. The Morgan fingerprint density at radius 1 is 0.935 bits per heavy atom. The summed E-state index contributed by atoms with van der Waals surface area (Å²) in [5.41, 5.74) is 2.29. The van der Waals surface area contributed by atoms with Crippen molar-refractivity contribution in [1.82, 2.24) is 29.2 Å². The van der Waals surface area contributed by atoms with Gasteiger partial charge in [0.1, 0.15) is 4.83 Å². The largest absolute Gasteiger partial charge is 0.245 e. The van der Waals surface area contributed by atoms with E-state index < -0.39 is 0 Å². The number of rotatable bonds is 6. The van der Waals surface area contributed by atoms with Crippen LogP contribution in [0.4, 0.5) is 0 Å². The molecule has 0 amide bonds. The van der Waals surface area contributed by atoms with E-state index in [-0.39, 0.29) is 0 Å². The number of aryl methyl sites for hydroxylation is 2. The van der Waals surface area contributed by atoms with Crippen molar-refractivity contribution >= 4 is 79.7 Å². The molecule has 0 spiro atoms. The molecule has 0 saturated carbocycles. The van der Waals surface area contributed by atoms with Crippen molar-refractivity contribution in [2.75, 3.05) is 11.5 Å². The van der Waals surface area contributed by atoms with Crippen LogP contribution < -0.4 is 0 Å². The molecule has 0 aliphatic heterocycles. The van der Waals surface area contributed by atoms with Crippen molar-refractivity contribution in [1.29, 1.82) is 0 Å². The quantitative estimate of drug-likeness (QED) is 0.282. The zero-order chi connectivity index (χ0) is 21.5. The van der Waals surface area contributed by atoms with E-state index in [4.69, 9.17) is 23.2 Å². The van der Waals surface area contributed by atoms with Crippen LogP contribution in [0.5, 0.6) is 0 Å². The van der Waals surface area contributed by atoms with Crippen LogP contribution in [-0.2, 0) is 12.8 Å². The normalized spacial score (nSPS) is 15.5. The SMILES string of the molecule is CC(Cl)=CCSc1nnc2c3c4c(sc3n3c(SCC=C(C)Cl)nnc3n12)CCCC4. The minimum absolute atomic E-state index is 0.720. The summed E-state index contributed by atoms with van der Waals surface area (Å²) in [4.78, 5) is 2.61. The minimum atomic E-state index is 0.720. The van der Waals surface area contributed by atoms with Crippen LogP contribution in [0.2, 0.25) is 0 Å². The van der Waals surface area contributed by atoms with E-state index in [1.807, 2.05) is 41.7 Å². The molecule has 0 aromatic carbocycles. The van der Waals surface area contributed by atoms with Crippen molar-refractivity contribution in [2.45, 2.75) is 49.8 Å². The average molecular weight is 512 g/mol. The van der Waals surface area contributed by atoms with Gasteiger partial charge in [-0.05, 0) is 45.1 Å². The Morgan fingerprint density at radius 3 is 2.29 bits per heavy atom. The zero-order valence-electron chi connectivity index (χ0n) is 17.1. The second-order valence-electron chi connectivity index (χ2n) is 7.35.